The van der Waals surface area contributed by atoms with E-state index < -0.39 is 0 Å². The van der Waals surface area contributed by atoms with Crippen LogP contribution in [0.3, 0.4) is 0 Å². The maximum Gasteiger partial charge on any atom is 0.261 e. The third-order valence-electron chi connectivity index (χ3n) is 4.98. The molecular weight excluding hydrogens is 304 g/mol. The predicted molar refractivity (Wildman–Crippen MR) is 95.2 cm³/mol. The third-order valence-corrected chi connectivity index (χ3v) is 6.19. The van der Waals surface area contributed by atoms with Crippen molar-refractivity contribution in [3.8, 4) is 10.4 Å². The average molecular weight is 326 g/mol. The van der Waals surface area contributed by atoms with Crippen LogP contribution in [0.2, 0.25) is 0 Å². The van der Waals surface area contributed by atoms with Gasteiger partial charge in [0.1, 0.15) is 0 Å². The number of benzene rings is 1. The molecule has 1 fully saturated rings. The zero-order valence-corrected chi connectivity index (χ0v) is 14.4. The summed E-state index contributed by atoms with van der Waals surface area (Å²) in [7, 11) is 0. The number of amides is 1. The molecule has 2 aliphatic rings. The number of rotatable bonds is 3. The minimum absolute atomic E-state index is 0.0755. The van der Waals surface area contributed by atoms with Crippen molar-refractivity contribution < 1.29 is 4.79 Å². The highest BCUT2D eigenvalue weighted by Gasteiger charge is 2.32. The summed E-state index contributed by atoms with van der Waals surface area (Å²) in [4.78, 5) is 14.6. The zero-order valence-electron chi connectivity index (χ0n) is 13.6. The Balaban J connectivity index is 1.62. The maximum atomic E-state index is 12.5. The Labute approximate surface area is 141 Å². The fourth-order valence-corrected chi connectivity index (χ4v) is 4.70. The molecule has 2 aromatic rings. The van der Waals surface area contributed by atoms with Crippen LogP contribution in [0.5, 0.6) is 0 Å². The molecule has 1 aliphatic heterocycles. The van der Waals surface area contributed by atoms with Crippen molar-refractivity contribution in [3.63, 3.8) is 0 Å². The molecular formula is C19H22N2OS. The van der Waals surface area contributed by atoms with Crippen LogP contribution in [-0.4, -0.2) is 25.5 Å². The quantitative estimate of drug-likeness (QED) is 0.909. The Morgan fingerprint density at radius 2 is 2.13 bits per heavy atom. The predicted octanol–water partition coefficient (Wildman–Crippen LogP) is 3.20. The molecule has 1 aliphatic carbocycles. The molecule has 0 saturated carbocycles. The van der Waals surface area contributed by atoms with Crippen LogP contribution in [0.1, 0.15) is 34.6 Å². The number of hydrogen-bond donors (Lipinski definition) is 2. The normalized spacial score (nSPS) is 18.7. The molecule has 1 aromatic carbocycles. The Hall–Kier alpha value is -1.65. The zero-order chi connectivity index (χ0) is 16.0. The summed E-state index contributed by atoms with van der Waals surface area (Å²) in [5.41, 5.74) is 4.12. The van der Waals surface area contributed by atoms with Crippen molar-refractivity contribution in [1.29, 1.82) is 0 Å². The SMILES string of the molecule is CC1(C)Cc2cc(C(=O)NCC3CNC3)sc2-c2ccccc21. The highest BCUT2D eigenvalue weighted by molar-refractivity contribution is 7.17. The standard InChI is InChI=1S/C19H22N2OS/c1-19(2)8-13-7-16(18(22)21-11-12-9-20-10-12)23-17(13)14-5-3-4-6-15(14)19/h3-7,12,20H,8-11H2,1-2H3,(H,21,22). The van der Waals surface area contributed by atoms with E-state index in [1.54, 1.807) is 11.3 Å². The number of carbonyl (C=O) groups excluding carboxylic acids is 1. The van der Waals surface area contributed by atoms with E-state index in [4.69, 9.17) is 0 Å². The fourth-order valence-electron chi connectivity index (χ4n) is 3.56. The molecule has 120 valence electrons. The molecule has 0 atom stereocenters. The van der Waals surface area contributed by atoms with Crippen molar-refractivity contribution >= 4 is 17.2 Å². The summed E-state index contributed by atoms with van der Waals surface area (Å²) >= 11 is 1.64. The highest BCUT2D eigenvalue weighted by Crippen LogP contribution is 2.46. The summed E-state index contributed by atoms with van der Waals surface area (Å²) < 4.78 is 0. The number of thiophene rings is 1. The molecule has 4 heteroatoms. The molecule has 0 radical (unpaired) electrons. The number of hydrogen-bond acceptors (Lipinski definition) is 3. The first-order valence-electron chi connectivity index (χ1n) is 8.26. The van der Waals surface area contributed by atoms with Crippen LogP contribution >= 0.6 is 11.3 Å². The van der Waals surface area contributed by atoms with Crippen LogP contribution in [-0.2, 0) is 11.8 Å². The molecule has 2 heterocycles. The molecule has 3 nitrogen and oxygen atoms in total. The Bertz CT molecular complexity index is 758. The average Bonchev–Trinajstić information content (AvgIpc) is 2.89. The molecule has 1 saturated heterocycles. The van der Waals surface area contributed by atoms with E-state index in [0.717, 1.165) is 30.9 Å². The first-order chi connectivity index (χ1) is 11.0. The topological polar surface area (TPSA) is 41.1 Å². The van der Waals surface area contributed by atoms with Gasteiger partial charge in [0.2, 0.25) is 0 Å². The van der Waals surface area contributed by atoms with Gasteiger partial charge < -0.3 is 10.6 Å². The summed E-state index contributed by atoms with van der Waals surface area (Å²) in [6, 6.07) is 10.7. The van der Waals surface area contributed by atoms with Gasteiger partial charge in [0.05, 0.1) is 4.88 Å². The van der Waals surface area contributed by atoms with Gasteiger partial charge in [0, 0.05) is 30.4 Å². The third kappa shape index (κ3) is 2.60. The van der Waals surface area contributed by atoms with E-state index in [-0.39, 0.29) is 11.3 Å². The van der Waals surface area contributed by atoms with Crippen LogP contribution in [0.25, 0.3) is 10.4 Å². The Morgan fingerprint density at radius 1 is 1.35 bits per heavy atom. The van der Waals surface area contributed by atoms with E-state index >= 15 is 0 Å². The smallest absolute Gasteiger partial charge is 0.261 e. The minimum Gasteiger partial charge on any atom is -0.351 e. The summed E-state index contributed by atoms with van der Waals surface area (Å²) in [5.74, 6) is 0.666. The van der Waals surface area contributed by atoms with Gasteiger partial charge in [-0.15, -0.1) is 11.3 Å². The molecule has 1 aromatic heterocycles. The Morgan fingerprint density at radius 3 is 2.87 bits per heavy atom. The fraction of sp³-hybridized carbons (Fsp3) is 0.421. The lowest BCUT2D eigenvalue weighted by atomic mass is 9.73. The van der Waals surface area contributed by atoms with Gasteiger partial charge >= 0.3 is 0 Å². The molecule has 0 unspecified atom stereocenters. The lowest BCUT2D eigenvalue weighted by Gasteiger charge is -2.32. The first kappa shape index (κ1) is 14.9. The van der Waals surface area contributed by atoms with Crippen LogP contribution in [0.4, 0.5) is 0 Å². The largest absolute Gasteiger partial charge is 0.351 e. The number of fused-ring (bicyclic) bond motifs is 3. The summed E-state index contributed by atoms with van der Waals surface area (Å²) in [6.45, 7) is 7.38. The molecule has 1 amide bonds. The lowest BCUT2D eigenvalue weighted by Crippen LogP contribution is -2.48. The lowest BCUT2D eigenvalue weighted by molar-refractivity contribution is 0.0946. The summed E-state index contributed by atoms with van der Waals surface area (Å²) in [5, 5.41) is 6.32. The van der Waals surface area contributed by atoms with Crippen molar-refractivity contribution in [2.45, 2.75) is 25.7 Å². The molecule has 23 heavy (non-hydrogen) atoms. The van der Waals surface area contributed by atoms with E-state index in [2.05, 4.69) is 54.8 Å². The van der Waals surface area contributed by atoms with E-state index in [0.29, 0.717) is 5.92 Å². The van der Waals surface area contributed by atoms with E-state index in [1.807, 2.05) is 0 Å². The molecule has 4 rings (SSSR count). The first-order valence-corrected chi connectivity index (χ1v) is 9.08. The van der Waals surface area contributed by atoms with Gasteiger partial charge in [-0.2, -0.15) is 0 Å². The van der Waals surface area contributed by atoms with Crippen LogP contribution < -0.4 is 10.6 Å². The Kier molecular flexibility index (Phi) is 3.54. The van der Waals surface area contributed by atoms with Crippen molar-refractivity contribution in [2.24, 2.45) is 5.92 Å². The van der Waals surface area contributed by atoms with Gasteiger partial charge in [0.15, 0.2) is 0 Å². The number of nitrogens with one attached hydrogen (secondary N) is 2. The van der Waals surface area contributed by atoms with Gasteiger partial charge in [-0.05, 0) is 34.6 Å². The second kappa shape index (κ2) is 5.46. The summed E-state index contributed by atoms with van der Waals surface area (Å²) in [6.07, 6.45) is 0.996. The molecule has 2 N–H and O–H groups in total. The van der Waals surface area contributed by atoms with Crippen molar-refractivity contribution in [3.05, 3.63) is 46.3 Å². The second-order valence-electron chi connectivity index (χ2n) is 7.31. The van der Waals surface area contributed by atoms with Crippen LogP contribution in [0, 0.1) is 5.92 Å². The van der Waals surface area contributed by atoms with Crippen LogP contribution in [0.15, 0.2) is 30.3 Å². The van der Waals surface area contributed by atoms with Gasteiger partial charge in [-0.1, -0.05) is 38.1 Å². The van der Waals surface area contributed by atoms with Crippen molar-refractivity contribution in [2.75, 3.05) is 19.6 Å². The van der Waals surface area contributed by atoms with Gasteiger partial charge in [-0.3, -0.25) is 4.79 Å². The van der Waals surface area contributed by atoms with Gasteiger partial charge in [0.25, 0.3) is 5.91 Å². The van der Waals surface area contributed by atoms with Gasteiger partial charge in [-0.25, -0.2) is 0 Å². The molecule has 0 bridgehead atoms. The second-order valence-corrected chi connectivity index (χ2v) is 8.36. The maximum absolute atomic E-state index is 12.5. The number of carbonyl (C=O) groups is 1. The minimum atomic E-state index is 0.0755. The van der Waals surface area contributed by atoms with E-state index in [9.17, 15) is 4.79 Å². The van der Waals surface area contributed by atoms with E-state index in [1.165, 1.54) is 21.6 Å². The monoisotopic (exact) mass is 326 g/mol. The molecule has 0 spiro atoms. The highest BCUT2D eigenvalue weighted by atomic mass is 32.1. The van der Waals surface area contributed by atoms with Crippen molar-refractivity contribution in [1.82, 2.24) is 10.6 Å².